The van der Waals surface area contributed by atoms with Crippen molar-refractivity contribution in [3.05, 3.63) is 76.5 Å². The first-order valence-electron chi connectivity index (χ1n) is 8.67. The zero-order valence-electron chi connectivity index (χ0n) is 15.6. The second-order valence-electron chi connectivity index (χ2n) is 6.61. The van der Waals surface area contributed by atoms with Crippen molar-refractivity contribution in [1.82, 2.24) is 9.88 Å². The summed E-state index contributed by atoms with van der Waals surface area (Å²) in [6.07, 6.45) is 0. The summed E-state index contributed by atoms with van der Waals surface area (Å²) in [7, 11) is 1.99. The molecule has 140 valence electrons. The molecule has 1 aromatic heterocycles. The maximum Gasteiger partial charge on any atom is 0.230 e. The van der Waals surface area contributed by atoms with Gasteiger partial charge in [-0.25, -0.2) is 9.37 Å². The molecule has 0 aliphatic carbocycles. The van der Waals surface area contributed by atoms with Crippen LogP contribution in [0.15, 0.2) is 53.9 Å². The van der Waals surface area contributed by atoms with Gasteiger partial charge in [0.2, 0.25) is 5.91 Å². The number of hydrogen-bond donors (Lipinski definition) is 0. The van der Waals surface area contributed by atoms with Crippen molar-refractivity contribution in [3.8, 4) is 0 Å². The van der Waals surface area contributed by atoms with Crippen LogP contribution in [0.4, 0.5) is 15.2 Å². The van der Waals surface area contributed by atoms with E-state index in [4.69, 9.17) is 0 Å². The van der Waals surface area contributed by atoms with E-state index < -0.39 is 0 Å². The lowest BCUT2D eigenvalue weighted by atomic mass is 10.2. The molecule has 3 aromatic rings. The first-order valence-corrected chi connectivity index (χ1v) is 9.55. The standard InChI is InChI=1S/C21H22FN3OS/c1-15-4-10-20(11-5-15)25(16(2)26)21-23-19(14-27-21)13-24(3)12-17-6-8-18(22)9-7-17/h4-11,14H,12-13H2,1-3H3. The molecule has 27 heavy (non-hydrogen) atoms. The lowest BCUT2D eigenvalue weighted by Gasteiger charge is -2.18. The molecular weight excluding hydrogens is 361 g/mol. The van der Waals surface area contributed by atoms with E-state index in [9.17, 15) is 9.18 Å². The van der Waals surface area contributed by atoms with Gasteiger partial charge in [-0.1, -0.05) is 29.8 Å². The van der Waals surface area contributed by atoms with E-state index in [0.29, 0.717) is 18.2 Å². The average molecular weight is 383 g/mol. The predicted molar refractivity (Wildman–Crippen MR) is 108 cm³/mol. The number of benzene rings is 2. The minimum Gasteiger partial charge on any atom is -0.296 e. The molecule has 0 saturated heterocycles. The Bertz CT molecular complexity index is 906. The normalized spacial score (nSPS) is 11.0. The van der Waals surface area contributed by atoms with Gasteiger partial charge in [0.1, 0.15) is 5.82 Å². The average Bonchev–Trinajstić information content (AvgIpc) is 3.06. The fourth-order valence-electron chi connectivity index (χ4n) is 2.83. The quantitative estimate of drug-likeness (QED) is 0.607. The molecule has 3 rings (SSSR count). The van der Waals surface area contributed by atoms with Crippen LogP contribution in [-0.2, 0) is 17.9 Å². The van der Waals surface area contributed by atoms with Crippen molar-refractivity contribution in [2.45, 2.75) is 26.9 Å². The molecule has 0 aliphatic rings. The summed E-state index contributed by atoms with van der Waals surface area (Å²) in [4.78, 5) is 20.6. The van der Waals surface area contributed by atoms with Gasteiger partial charge in [0.15, 0.2) is 5.13 Å². The number of amides is 1. The van der Waals surface area contributed by atoms with Crippen molar-refractivity contribution in [2.24, 2.45) is 0 Å². The van der Waals surface area contributed by atoms with Crippen LogP contribution in [-0.4, -0.2) is 22.8 Å². The largest absolute Gasteiger partial charge is 0.296 e. The Labute approximate surface area is 162 Å². The van der Waals surface area contributed by atoms with E-state index in [1.165, 1.54) is 23.5 Å². The molecule has 0 bridgehead atoms. The number of anilines is 2. The summed E-state index contributed by atoms with van der Waals surface area (Å²) in [6.45, 7) is 4.90. The molecule has 1 amide bonds. The van der Waals surface area contributed by atoms with Crippen LogP contribution in [0.2, 0.25) is 0 Å². The summed E-state index contributed by atoms with van der Waals surface area (Å²) in [6, 6.07) is 14.3. The smallest absolute Gasteiger partial charge is 0.230 e. The number of aryl methyl sites for hydroxylation is 1. The van der Waals surface area contributed by atoms with E-state index in [2.05, 4.69) is 9.88 Å². The Hall–Kier alpha value is -2.57. The molecule has 0 fully saturated rings. The van der Waals surface area contributed by atoms with Gasteiger partial charge in [0, 0.05) is 25.4 Å². The molecule has 6 heteroatoms. The van der Waals surface area contributed by atoms with E-state index in [1.807, 2.05) is 43.6 Å². The fourth-order valence-corrected chi connectivity index (χ4v) is 3.70. The SMILES string of the molecule is CC(=O)N(c1ccc(C)cc1)c1nc(CN(C)Cc2ccc(F)cc2)cs1. The van der Waals surface area contributed by atoms with Crippen LogP contribution in [0, 0.1) is 12.7 Å². The van der Waals surface area contributed by atoms with Crippen molar-refractivity contribution < 1.29 is 9.18 Å². The molecule has 0 spiro atoms. The van der Waals surface area contributed by atoms with Crippen molar-refractivity contribution >= 4 is 28.1 Å². The molecule has 4 nitrogen and oxygen atoms in total. The predicted octanol–water partition coefficient (Wildman–Crippen LogP) is 4.91. The molecule has 0 radical (unpaired) electrons. The van der Waals surface area contributed by atoms with Gasteiger partial charge in [0.25, 0.3) is 0 Å². The number of nitrogens with zero attached hydrogens (tertiary/aromatic N) is 3. The van der Waals surface area contributed by atoms with Crippen molar-refractivity contribution in [3.63, 3.8) is 0 Å². The van der Waals surface area contributed by atoms with E-state index in [1.54, 1.807) is 24.0 Å². The molecule has 0 unspecified atom stereocenters. The van der Waals surface area contributed by atoms with Gasteiger partial charge in [0.05, 0.1) is 11.4 Å². The lowest BCUT2D eigenvalue weighted by Crippen LogP contribution is -2.23. The van der Waals surface area contributed by atoms with Crippen LogP contribution in [0.3, 0.4) is 0 Å². The van der Waals surface area contributed by atoms with E-state index >= 15 is 0 Å². The molecule has 1 heterocycles. The number of rotatable bonds is 6. The van der Waals surface area contributed by atoms with Gasteiger partial charge in [-0.05, 0) is 43.8 Å². The summed E-state index contributed by atoms with van der Waals surface area (Å²) in [5, 5.41) is 2.64. The van der Waals surface area contributed by atoms with Gasteiger partial charge in [-0.2, -0.15) is 0 Å². The van der Waals surface area contributed by atoms with Crippen molar-refractivity contribution in [2.75, 3.05) is 11.9 Å². The third-order valence-electron chi connectivity index (χ3n) is 4.14. The summed E-state index contributed by atoms with van der Waals surface area (Å²) < 4.78 is 13.0. The van der Waals surface area contributed by atoms with Crippen LogP contribution < -0.4 is 4.90 Å². The highest BCUT2D eigenvalue weighted by molar-refractivity contribution is 7.14. The number of carbonyl (C=O) groups excluding carboxylic acids is 1. The Morgan fingerprint density at radius 2 is 1.74 bits per heavy atom. The Balaban J connectivity index is 1.71. The van der Waals surface area contributed by atoms with Crippen LogP contribution >= 0.6 is 11.3 Å². The first kappa shape index (κ1) is 19.2. The first-order chi connectivity index (χ1) is 12.9. The molecule has 0 saturated carbocycles. The lowest BCUT2D eigenvalue weighted by molar-refractivity contribution is -0.115. The fraction of sp³-hybridized carbons (Fsp3) is 0.238. The second kappa shape index (κ2) is 8.41. The summed E-state index contributed by atoms with van der Waals surface area (Å²) in [5.74, 6) is -0.301. The summed E-state index contributed by atoms with van der Waals surface area (Å²) in [5.41, 5.74) is 3.90. The maximum absolute atomic E-state index is 13.0. The minimum absolute atomic E-state index is 0.0700. The highest BCUT2D eigenvalue weighted by Gasteiger charge is 2.18. The second-order valence-corrected chi connectivity index (χ2v) is 7.45. The van der Waals surface area contributed by atoms with Gasteiger partial charge in [-0.15, -0.1) is 11.3 Å². The topological polar surface area (TPSA) is 36.4 Å². The van der Waals surface area contributed by atoms with Gasteiger partial charge >= 0.3 is 0 Å². The molecule has 0 atom stereocenters. The molecule has 0 aliphatic heterocycles. The zero-order chi connectivity index (χ0) is 19.4. The Morgan fingerprint density at radius 1 is 1.07 bits per heavy atom. The number of hydrogen-bond acceptors (Lipinski definition) is 4. The van der Waals surface area contributed by atoms with E-state index in [-0.39, 0.29) is 11.7 Å². The Morgan fingerprint density at radius 3 is 2.37 bits per heavy atom. The summed E-state index contributed by atoms with van der Waals surface area (Å²) >= 11 is 1.45. The number of carbonyl (C=O) groups is 1. The minimum atomic E-state index is -0.231. The van der Waals surface area contributed by atoms with Gasteiger partial charge in [-0.3, -0.25) is 14.6 Å². The van der Waals surface area contributed by atoms with Crippen LogP contribution in [0.1, 0.15) is 23.7 Å². The van der Waals surface area contributed by atoms with E-state index in [0.717, 1.165) is 22.5 Å². The molecular formula is C21H22FN3OS. The third-order valence-corrected chi connectivity index (χ3v) is 5.01. The number of thiazole rings is 1. The molecule has 2 aromatic carbocycles. The third kappa shape index (κ3) is 4.99. The monoisotopic (exact) mass is 383 g/mol. The Kier molecular flexibility index (Phi) is 5.98. The maximum atomic E-state index is 13.0. The van der Waals surface area contributed by atoms with Gasteiger partial charge < -0.3 is 0 Å². The number of aromatic nitrogens is 1. The van der Waals surface area contributed by atoms with Crippen LogP contribution in [0.25, 0.3) is 0 Å². The number of halogens is 1. The highest BCUT2D eigenvalue weighted by Crippen LogP contribution is 2.29. The highest BCUT2D eigenvalue weighted by atomic mass is 32.1. The van der Waals surface area contributed by atoms with Crippen LogP contribution in [0.5, 0.6) is 0 Å². The molecule has 0 N–H and O–H groups in total. The van der Waals surface area contributed by atoms with Crippen molar-refractivity contribution in [1.29, 1.82) is 0 Å². The zero-order valence-corrected chi connectivity index (χ0v) is 16.5.